The molecule has 0 saturated carbocycles. The molecule has 10 heteroatoms. The summed E-state index contributed by atoms with van der Waals surface area (Å²) in [5.74, 6) is 0.241. The summed E-state index contributed by atoms with van der Waals surface area (Å²) in [4.78, 5) is 36.9. The Morgan fingerprint density at radius 3 is 2.50 bits per heavy atom. The third-order valence-corrected chi connectivity index (χ3v) is 5.51. The lowest BCUT2D eigenvalue weighted by Gasteiger charge is -2.36. The zero-order chi connectivity index (χ0) is 26.3. The molecule has 192 valence electrons. The van der Waals surface area contributed by atoms with Gasteiger partial charge in [0.05, 0.1) is 18.1 Å². The van der Waals surface area contributed by atoms with E-state index in [2.05, 4.69) is 32.0 Å². The lowest BCUT2D eigenvalue weighted by atomic mass is 10.1. The Balaban J connectivity index is 1.51. The molecule has 0 atom stereocenters. The molecule has 3 heterocycles. The monoisotopic (exact) mass is 493 g/mol. The molecule has 1 aliphatic rings. The topological polar surface area (TPSA) is 105 Å². The predicted octanol–water partition coefficient (Wildman–Crippen LogP) is 3.98. The maximum Gasteiger partial charge on any atom is 0.410 e. The summed E-state index contributed by atoms with van der Waals surface area (Å²) in [6, 6.07) is 3.69. The molecule has 1 saturated heterocycles. The number of allylic oxidation sites excluding steroid dienone is 4. The van der Waals surface area contributed by atoms with Gasteiger partial charge in [0.2, 0.25) is 5.91 Å². The van der Waals surface area contributed by atoms with Crippen molar-refractivity contribution < 1.29 is 14.3 Å². The van der Waals surface area contributed by atoms with Crippen LogP contribution in [0.2, 0.25) is 0 Å². The van der Waals surface area contributed by atoms with E-state index in [1.165, 1.54) is 0 Å². The van der Waals surface area contributed by atoms with Gasteiger partial charge in [-0.3, -0.25) is 14.5 Å². The molecule has 0 bridgehead atoms. The van der Waals surface area contributed by atoms with E-state index >= 15 is 0 Å². The molecule has 1 N–H and O–H groups in total. The van der Waals surface area contributed by atoms with E-state index in [1.807, 2.05) is 59.0 Å². The summed E-state index contributed by atoms with van der Waals surface area (Å²) in [5.41, 5.74) is 3.07. The van der Waals surface area contributed by atoms with E-state index in [9.17, 15) is 9.59 Å². The lowest BCUT2D eigenvalue weighted by Crippen LogP contribution is -2.50. The highest BCUT2D eigenvalue weighted by Crippen LogP contribution is 2.20. The first kappa shape index (κ1) is 26.7. The number of anilines is 2. The van der Waals surface area contributed by atoms with Crippen molar-refractivity contribution in [3.05, 3.63) is 54.1 Å². The number of carbonyl (C=O) groups is 2. The molecule has 0 radical (unpaired) electrons. The summed E-state index contributed by atoms with van der Waals surface area (Å²) in [7, 11) is 0. The van der Waals surface area contributed by atoms with Gasteiger partial charge in [0.25, 0.3) is 0 Å². The molecular weight excluding hydrogens is 458 g/mol. The van der Waals surface area contributed by atoms with Gasteiger partial charge in [-0.05, 0) is 65.1 Å². The standard InChI is InChI=1S/C26H35N7O3/c1-7-20(14-19(2)27-6)21-15-29-33(17-21)18-24(34)30-23-9-8-22(16-28-23)31-10-12-32(13-11-31)25(35)36-26(3,4)5/h7-9,14-17H,6,10-13,18H2,1-5H3,(H,28,30,34)/b19-14-,20-7+. The van der Waals surface area contributed by atoms with Crippen molar-refractivity contribution >= 4 is 35.8 Å². The number of amides is 2. The molecule has 0 spiro atoms. The lowest BCUT2D eigenvalue weighted by molar-refractivity contribution is -0.116. The van der Waals surface area contributed by atoms with E-state index in [1.54, 1.807) is 28.0 Å². The van der Waals surface area contributed by atoms with Crippen LogP contribution in [-0.4, -0.2) is 70.2 Å². The van der Waals surface area contributed by atoms with Gasteiger partial charge in [-0.15, -0.1) is 0 Å². The van der Waals surface area contributed by atoms with E-state index in [0.29, 0.717) is 32.0 Å². The average Bonchev–Trinajstić information content (AvgIpc) is 3.29. The molecule has 10 nitrogen and oxygen atoms in total. The summed E-state index contributed by atoms with van der Waals surface area (Å²) in [5, 5.41) is 7.10. The number of pyridine rings is 1. The third kappa shape index (κ3) is 7.53. The van der Waals surface area contributed by atoms with Crippen LogP contribution in [0.1, 0.15) is 40.2 Å². The third-order valence-electron chi connectivity index (χ3n) is 5.51. The molecule has 1 aliphatic heterocycles. The van der Waals surface area contributed by atoms with Crippen molar-refractivity contribution in [1.82, 2.24) is 19.7 Å². The highest BCUT2D eigenvalue weighted by atomic mass is 16.6. The molecule has 3 rings (SSSR count). The minimum absolute atomic E-state index is 0.0649. The van der Waals surface area contributed by atoms with Crippen molar-refractivity contribution in [3.8, 4) is 0 Å². The van der Waals surface area contributed by atoms with Gasteiger partial charge in [0.1, 0.15) is 18.0 Å². The number of hydrogen-bond acceptors (Lipinski definition) is 7. The second-order valence-corrected chi connectivity index (χ2v) is 9.52. The number of aromatic nitrogens is 3. The van der Waals surface area contributed by atoms with Crippen molar-refractivity contribution in [2.45, 2.75) is 46.8 Å². The van der Waals surface area contributed by atoms with E-state index in [4.69, 9.17) is 4.74 Å². The molecule has 36 heavy (non-hydrogen) atoms. The Hall–Kier alpha value is -3.95. The van der Waals surface area contributed by atoms with Gasteiger partial charge >= 0.3 is 6.09 Å². The van der Waals surface area contributed by atoms with Crippen molar-refractivity contribution in [1.29, 1.82) is 0 Å². The van der Waals surface area contributed by atoms with Gasteiger partial charge in [-0.2, -0.15) is 5.10 Å². The van der Waals surface area contributed by atoms with Gasteiger partial charge in [0, 0.05) is 43.6 Å². The van der Waals surface area contributed by atoms with Gasteiger partial charge in [-0.1, -0.05) is 6.08 Å². The number of aliphatic imine (C=N–C) groups is 1. The normalized spacial score (nSPS) is 15.0. The number of carbonyl (C=O) groups excluding carboxylic acids is 2. The summed E-state index contributed by atoms with van der Waals surface area (Å²) in [6.45, 7) is 15.5. The van der Waals surface area contributed by atoms with Crippen LogP contribution >= 0.6 is 0 Å². The van der Waals surface area contributed by atoms with Gasteiger partial charge in [-0.25, -0.2) is 9.78 Å². The van der Waals surface area contributed by atoms with Crippen LogP contribution in [0.3, 0.4) is 0 Å². The summed E-state index contributed by atoms with van der Waals surface area (Å²) in [6.07, 6.45) is 8.84. The van der Waals surface area contributed by atoms with Gasteiger partial charge < -0.3 is 19.9 Å². The van der Waals surface area contributed by atoms with E-state index in [-0.39, 0.29) is 18.5 Å². The van der Waals surface area contributed by atoms with Crippen molar-refractivity contribution in [2.75, 3.05) is 36.4 Å². The molecule has 1 fully saturated rings. The zero-order valence-electron chi connectivity index (χ0n) is 21.7. The van der Waals surface area contributed by atoms with E-state index in [0.717, 1.165) is 22.5 Å². The Labute approximate surface area is 212 Å². The summed E-state index contributed by atoms with van der Waals surface area (Å²) >= 11 is 0. The quantitative estimate of drug-likeness (QED) is 0.462. The molecule has 2 aromatic heterocycles. The van der Waals surface area contributed by atoms with Crippen LogP contribution in [0.15, 0.2) is 53.6 Å². The molecule has 2 aromatic rings. The first-order valence-corrected chi connectivity index (χ1v) is 11.9. The van der Waals surface area contributed by atoms with E-state index < -0.39 is 5.60 Å². The predicted molar refractivity (Wildman–Crippen MR) is 142 cm³/mol. The molecule has 2 amide bonds. The number of ether oxygens (including phenoxy) is 1. The molecule has 0 aliphatic carbocycles. The number of hydrogen-bond donors (Lipinski definition) is 1. The highest BCUT2D eigenvalue weighted by Gasteiger charge is 2.26. The average molecular weight is 494 g/mol. The number of rotatable bonds is 7. The molecule has 0 unspecified atom stereocenters. The van der Waals surface area contributed by atoms with Crippen LogP contribution in [-0.2, 0) is 16.1 Å². The highest BCUT2D eigenvalue weighted by molar-refractivity contribution is 5.89. The number of nitrogens with zero attached hydrogens (tertiary/aromatic N) is 6. The Morgan fingerprint density at radius 1 is 1.19 bits per heavy atom. The Kier molecular flexibility index (Phi) is 8.63. The van der Waals surface area contributed by atoms with Gasteiger partial charge in [0.15, 0.2) is 0 Å². The van der Waals surface area contributed by atoms with Crippen molar-refractivity contribution in [3.63, 3.8) is 0 Å². The minimum atomic E-state index is -0.507. The minimum Gasteiger partial charge on any atom is -0.444 e. The fourth-order valence-electron chi connectivity index (χ4n) is 3.65. The molecule has 0 aromatic carbocycles. The fourth-order valence-corrected chi connectivity index (χ4v) is 3.65. The SMILES string of the molecule is C=N/C(C)=C\C(=C/C)c1cnn(CC(=O)Nc2ccc(N3CCN(C(=O)OC(C)(C)C)CC3)cn2)c1. The van der Waals surface area contributed by atoms with Crippen LogP contribution < -0.4 is 10.2 Å². The Bertz CT molecular complexity index is 1140. The second-order valence-electron chi connectivity index (χ2n) is 9.52. The first-order chi connectivity index (χ1) is 17.1. The largest absolute Gasteiger partial charge is 0.444 e. The maximum absolute atomic E-state index is 12.5. The van der Waals surface area contributed by atoms with Crippen LogP contribution in [0.5, 0.6) is 0 Å². The smallest absolute Gasteiger partial charge is 0.410 e. The number of piperazine rings is 1. The maximum atomic E-state index is 12.5. The molecular formula is C26H35N7O3. The van der Waals surface area contributed by atoms with Crippen LogP contribution in [0.25, 0.3) is 5.57 Å². The first-order valence-electron chi connectivity index (χ1n) is 11.9. The van der Waals surface area contributed by atoms with Crippen molar-refractivity contribution in [2.24, 2.45) is 4.99 Å². The van der Waals surface area contributed by atoms with Crippen LogP contribution in [0.4, 0.5) is 16.3 Å². The fraction of sp³-hybridized carbons (Fsp3) is 0.423. The van der Waals surface area contributed by atoms with Crippen LogP contribution in [0, 0.1) is 0 Å². The second kappa shape index (κ2) is 11.7. The number of nitrogens with one attached hydrogen (secondary N) is 1. The Morgan fingerprint density at radius 2 is 1.92 bits per heavy atom. The zero-order valence-corrected chi connectivity index (χ0v) is 21.7. The summed E-state index contributed by atoms with van der Waals surface area (Å²) < 4.78 is 7.03.